The number of rotatable bonds is 9. The number of carbonyl (C=O) groups is 1. The highest BCUT2D eigenvalue weighted by Crippen LogP contribution is 2.19. The summed E-state index contributed by atoms with van der Waals surface area (Å²) in [6.07, 6.45) is 4.46. The third kappa shape index (κ3) is 5.61. The van der Waals surface area contributed by atoms with Crippen LogP contribution in [0.15, 0.2) is 29.4 Å². The summed E-state index contributed by atoms with van der Waals surface area (Å²) in [6, 6.07) is 5.88. The van der Waals surface area contributed by atoms with Gasteiger partial charge in [-0.1, -0.05) is 13.0 Å². The first-order chi connectivity index (χ1) is 9.08. The summed E-state index contributed by atoms with van der Waals surface area (Å²) in [4.78, 5) is 15.8. The highest BCUT2D eigenvalue weighted by Gasteiger charge is 2.29. The van der Waals surface area contributed by atoms with Gasteiger partial charge in [0.1, 0.15) is 0 Å². The molecule has 1 amide bonds. The summed E-state index contributed by atoms with van der Waals surface area (Å²) in [5.41, 5.74) is 4.89. The fourth-order valence-corrected chi connectivity index (χ4v) is 2.54. The Morgan fingerprint density at radius 2 is 2.32 bits per heavy atom. The van der Waals surface area contributed by atoms with Crippen LogP contribution in [0, 0.1) is 0 Å². The van der Waals surface area contributed by atoms with Crippen LogP contribution in [-0.4, -0.2) is 28.7 Å². The molecule has 0 aliphatic carbocycles. The molecule has 5 heteroatoms. The zero-order valence-corrected chi connectivity index (χ0v) is 12.5. The molecule has 1 rings (SSSR count). The van der Waals surface area contributed by atoms with Gasteiger partial charge >= 0.3 is 0 Å². The van der Waals surface area contributed by atoms with Crippen molar-refractivity contribution in [3.63, 3.8) is 0 Å². The topological polar surface area (TPSA) is 68.0 Å². The van der Waals surface area contributed by atoms with Crippen molar-refractivity contribution >= 4 is 17.7 Å². The first kappa shape index (κ1) is 16.0. The lowest BCUT2D eigenvalue weighted by Crippen LogP contribution is -2.53. The molecular weight excluding hydrogens is 258 g/mol. The van der Waals surface area contributed by atoms with Gasteiger partial charge in [-0.2, -0.15) is 0 Å². The maximum absolute atomic E-state index is 11.5. The van der Waals surface area contributed by atoms with Gasteiger partial charge in [-0.3, -0.25) is 4.79 Å². The van der Waals surface area contributed by atoms with Gasteiger partial charge in [0.2, 0.25) is 5.91 Å². The van der Waals surface area contributed by atoms with E-state index in [9.17, 15) is 4.79 Å². The van der Waals surface area contributed by atoms with Crippen molar-refractivity contribution in [1.29, 1.82) is 0 Å². The number of pyridine rings is 1. The van der Waals surface area contributed by atoms with Gasteiger partial charge in [0.05, 0.1) is 10.6 Å². The maximum Gasteiger partial charge on any atom is 0.237 e. The average molecular weight is 281 g/mol. The Hall–Kier alpha value is -1.07. The molecule has 1 aromatic rings. The van der Waals surface area contributed by atoms with E-state index in [1.165, 1.54) is 0 Å². The normalized spacial score (nSPS) is 14.0. The van der Waals surface area contributed by atoms with Crippen molar-refractivity contribution in [3.05, 3.63) is 24.4 Å². The summed E-state index contributed by atoms with van der Waals surface area (Å²) in [7, 11) is 0. The molecule has 0 saturated heterocycles. The molecule has 0 aliphatic rings. The van der Waals surface area contributed by atoms with Crippen molar-refractivity contribution in [2.45, 2.75) is 43.7 Å². The number of thioether (sulfide) groups is 1. The van der Waals surface area contributed by atoms with Crippen molar-refractivity contribution in [2.24, 2.45) is 5.73 Å². The van der Waals surface area contributed by atoms with Crippen LogP contribution in [0.5, 0.6) is 0 Å². The predicted molar refractivity (Wildman–Crippen MR) is 80.1 cm³/mol. The number of nitrogens with one attached hydrogen (secondary N) is 1. The van der Waals surface area contributed by atoms with Gasteiger partial charge in [0.15, 0.2) is 0 Å². The van der Waals surface area contributed by atoms with Crippen molar-refractivity contribution < 1.29 is 4.79 Å². The lowest BCUT2D eigenvalue weighted by molar-refractivity contribution is -0.124. The molecule has 0 bridgehead atoms. The highest BCUT2D eigenvalue weighted by molar-refractivity contribution is 7.99. The van der Waals surface area contributed by atoms with Crippen LogP contribution < -0.4 is 11.1 Å². The summed E-state index contributed by atoms with van der Waals surface area (Å²) < 4.78 is 0. The smallest absolute Gasteiger partial charge is 0.237 e. The van der Waals surface area contributed by atoms with E-state index in [4.69, 9.17) is 5.73 Å². The molecule has 0 spiro atoms. The summed E-state index contributed by atoms with van der Waals surface area (Å²) in [6.45, 7) is 4.77. The van der Waals surface area contributed by atoms with E-state index >= 15 is 0 Å². The van der Waals surface area contributed by atoms with E-state index in [1.54, 1.807) is 18.0 Å². The predicted octanol–water partition coefficient (Wildman–Crippen LogP) is 2.20. The first-order valence-electron chi connectivity index (χ1n) is 6.67. The molecule has 0 aromatic carbocycles. The lowest BCUT2D eigenvalue weighted by Gasteiger charge is -2.27. The number of carbonyl (C=O) groups excluding carboxylic acids is 1. The Balaban J connectivity index is 2.34. The SMILES string of the molecule is CCCNC(C)(CCCSc1ccccn1)C(N)=O. The van der Waals surface area contributed by atoms with Crippen molar-refractivity contribution in [2.75, 3.05) is 12.3 Å². The highest BCUT2D eigenvalue weighted by atomic mass is 32.2. The summed E-state index contributed by atoms with van der Waals surface area (Å²) in [5, 5.41) is 4.26. The number of hydrogen-bond donors (Lipinski definition) is 2. The van der Waals surface area contributed by atoms with Crippen LogP contribution in [0.3, 0.4) is 0 Å². The minimum absolute atomic E-state index is 0.274. The molecule has 1 unspecified atom stereocenters. The fraction of sp³-hybridized carbons (Fsp3) is 0.571. The van der Waals surface area contributed by atoms with E-state index in [0.717, 1.165) is 36.6 Å². The van der Waals surface area contributed by atoms with Crippen LogP contribution in [0.25, 0.3) is 0 Å². The van der Waals surface area contributed by atoms with Crippen LogP contribution in [0.2, 0.25) is 0 Å². The molecule has 19 heavy (non-hydrogen) atoms. The maximum atomic E-state index is 11.5. The van der Waals surface area contributed by atoms with Crippen LogP contribution in [0.4, 0.5) is 0 Å². The second kappa shape index (κ2) is 8.17. The van der Waals surface area contributed by atoms with Gasteiger partial charge in [0.25, 0.3) is 0 Å². The van der Waals surface area contributed by atoms with Crippen molar-refractivity contribution in [1.82, 2.24) is 10.3 Å². The molecule has 0 radical (unpaired) electrons. The second-order valence-electron chi connectivity index (χ2n) is 4.74. The minimum Gasteiger partial charge on any atom is -0.368 e. The Morgan fingerprint density at radius 1 is 1.53 bits per heavy atom. The van der Waals surface area contributed by atoms with Crippen LogP contribution >= 0.6 is 11.8 Å². The number of nitrogens with zero attached hydrogens (tertiary/aromatic N) is 1. The summed E-state index contributed by atoms with van der Waals surface area (Å²) in [5.74, 6) is 0.664. The van der Waals surface area contributed by atoms with Crippen molar-refractivity contribution in [3.8, 4) is 0 Å². The number of nitrogens with two attached hydrogens (primary N) is 1. The van der Waals surface area contributed by atoms with E-state index in [0.29, 0.717) is 0 Å². The zero-order chi connectivity index (χ0) is 14.1. The Kier molecular flexibility index (Phi) is 6.87. The van der Waals surface area contributed by atoms with E-state index in [2.05, 4.69) is 17.2 Å². The van der Waals surface area contributed by atoms with Gasteiger partial charge in [-0.05, 0) is 50.6 Å². The quantitative estimate of drug-likeness (QED) is 0.538. The Labute approximate surface area is 119 Å². The number of aromatic nitrogens is 1. The van der Waals surface area contributed by atoms with Gasteiger partial charge in [0, 0.05) is 6.20 Å². The fourth-order valence-electron chi connectivity index (χ4n) is 1.73. The molecule has 106 valence electrons. The monoisotopic (exact) mass is 281 g/mol. The van der Waals surface area contributed by atoms with E-state index in [1.807, 2.05) is 25.1 Å². The number of amides is 1. The molecule has 0 fully saturated rings. The van der Waals surface area contributed by atoms with Crippen LogP contribution in [-0.2, 0) is 4.79 Å². The molecule has 1 heterocycles. The molecule has 0 saturated carbocycles. The first-order valence-corrected chi connectivity index (χ1v) is 7.66. The largest absolute Gasteiger partial charge is 0.368 e. The van der Waals surface area contributed by atoms with Gasteiger partial charge in [-0.15, -0.1) is 11.8 Å². The molecular formula is C14H23N3OS. The van der Waals surface area contributed by atoms with Gasteiger partial charge < -0.3 is 11.1 Å². The summed E-state index contributed by atoms with van der Waals surface area (Å²) >= 11 is 1.71. The van der Waals surface area contributed by atoms with E-state index < -0.39 is 5.54 Å². The standard InChI is InChI=1S/C14H23N3OS/c1-3-9-17-14(2,13(15)18)8-6-11-19-12-7-4-5-10-16-12/h4-5,7,10,17H,3,6,8-9,11H2,1-2H3,(H2,15,18). The van der Waals surface area contributed by atoms with Gasteiger partial charge in [-0.25, -0.2) is 4.98 Å². The third-order valence-electron chi connectivity index (χ3n) is 3.02. The molecule has 3 N–H and O–H groups in total. The Morgan fingerprint density at radius 3 is 2.89 bits per heavy atom. The third-order valence-corrected chi connectivity index (χ3v) is 4.05. The average Bonchev–Trinajstić information content (AvgIpc) is 2.42. The lowest BCUT2D eigenvalue weighted by atomic mass is 9.95. The molecule has 0 aliphatic heterocycles. The number of hydrogen-bond acceptors (Lipinski definition) is 4. The zero-order valence-electron chi connectivity index (χ0n) is 11.7. The molecule has 1 aromatic heterocycles. The Bertz CT molecular complexity index is 386. The second-order valence-corrected chi connectivity index (χ2v) is 5.86. The number of primary amides is 1. The minimum atomic E-state index is -0.597. The van der Waals surface area contributed by atoms with E-state index in [-0.39, 0.29) is 5.91 Å². The molecule has 4 nitrogen and oxygen atoms in total. The van der Waals surface area contributed by atoms with Crippen LogP contribution in [0.1, 0.15) is 33.1 Å². The molecule has 1 atom stereocenters.